The third-order valence-corrected chi connectivity index (χ3v) is 4.07. The molecule has 1 aromatic heterocycles. The summed E-state index contributed by atoms with van der Waals surface area (Å²) in [5, 5.41) is 5.51. The maximum absolute atomic E-state index is 13.0. The lowest BCUT2D eigenvalue weighted by Crippen LogP contribution is -2.54. The van der Waals surface area contributed by atoms with Gasteiger partial charge < -0.3 is 0 Å². The number of carbonyl (C=O) groups is 1. The van der Waals surface area contributed by atoms with Crippen LogP contribution in [0.1, 0.15) is 18.1 Å². The number of carbonyl (C=O) groups excluding carboxylic acids is 1. The summed E-state index contributed by atoms with van der Waals surface area (Å²) in [5.41, 5.74) is -0.768. The average Bonchev–Trinajstić information content (AvgIpc) is 3.06. The molecule has 3 rings (SSSR count). The van der Waals surface area contributed by atoms with Crippen LogP contribution in [0, 0.1) is 5.92 Å². The maximum Gasteiger partial charge on any atom is 0.416 e. The van der Waals surface area contributed by atoms with Gasteiger partial charge in [0.05, 0.1) is 11.1 Å². The highest BCUT2D eigenvalue weighted by Crippen LogP contribution is 2.38. The van der Waals surface area contributed by atoms with Crippen molar-refractivity contribution < 1.29 is 31.1 Å². The van der Waals surface area contributed by atoms with Gasteiger partial charge in [0.25, 0.3) is 5.91 Å². The van der Waals surface area contributed by atoms with Crippen LogP contribution in [-0.2, 0) is 17.1 Å². The molecule has 6 nitrogen and oxygen atoms in total. The Labute approximate surface area is 160 Å². The number of halogens is 6. The fourth-order valence-corrected chi connectivity index (χ4v) is 2.69. The highest BCUT2D eigenvalue weighted by atomic mass is 19.4. The van der Waals surface area contributed by atoms with Crippen molar-refractivity contribution in [3.63, 3.8) is 0 Å². The first-order valence-electron chi connectivity index (χ1n) is 8.36. The average molecular weight is 419 g/mol. The van der Waals surface area contributed by atoms with E-state index in [-0.39, 0.29) is 11.9 Å². The van der Waals surface area contributed by atoms with E-state index in [4.69, 9.17) is 0 Å². The van der Waals surface area contributed by atoms with Gasteiger partial charge in [0, 0.05) is 30.9 Å². The van der Waals surface area contributed by atoms with Gasteiger partial charge in [-0.3, -0.25) is 10.2 Å². The summed E-state index contributed by atoms with van der Waals surface area (Å²) in [6.45, 7) is 3.45. The van der Waals surface area contributed by atoms with Crippen LogP contribution < -0.4 is 5.43 Å². The molecule has 2 aromatic rings. The molecule has 156 valence electrons. The van der Waals surface area contributed by atoms with E-state index in [1.165, 1.54) is 6.20 Å². The molecule has 1 aliphatic rings. The lowest BCUT2D eigenvalue weighted by atomic mass is 10.0. The van der Waals surface area contributed by atoms with E-state index in [0.717, 1.165) is 17.1 Å². The van der Waals surface area contributed by atoms with E-state index in [9.17, 15) is 31.1 Å². The molecule has 1 aromatic carbocycles. The molecule has 2 heterocycles. The van der Waals surface area contributed by atoms with Gasteiger partial charge >= 0.3 is 12.4 Å². The van der Waals surface area contributed by atoms with E-state index >= 15 is 0 Å². The number of hydrogen-bond acceptors (Lipinski definition) is 4. The predicted octanol–water partition coefficient (Wildman–Crippen LogP) is 3.44. The van der Waals surface area contributed by atoms with Gasteiger partial charge in [-0.05, 0) is 24.1 Å². The Morgan fingerprint density at radius 2 is 1.69 bits per heavy atom. The Balaban J connectivity index is 1.80. The highest BCUT2D eigenvalue weighted by Gasteiger charge is 2.37. The van der Waals surface area contributed by atoms with E-state index in [1.54, 1.807) is 5.01 Å². The molecule has 1 N–H and O–H groups in total. The molecule has 1 aliphatic heterocycles. The number of aromatic nitrogens is 3. The van der Waals surface area contributed by atoms with Crippen molar-refractivity contribution in [2.24, 2.45) is 5.92 Å². The third kappa shape index (κ3) is 5.13. The van der Waals surface area contributed by atoms with Crippen molar-refractivity contribution in [3.8, 4) is 11.4 Å². The molecule has 0 atom stereocenters. The first kappa shape index (κ1) is 20.8. The number of nitrogens with one attached hydrogen (secondary N) is 1. The monoisotopic (exact) mass is 419 g/mol. The molecule has 1 fully saturated rings. The summed E-state index contributed by atoms with van der Waals surface area (Å²) >= 11 is 0. The van der Waals surface area contributed by atoms with Crippen LogP contribution >= 0.6 is 0 Å². The largest absolute Gasteiger partial charge is 0.416 e. The van der Waals surface area contributed by atoms with Crippen LogP contribution in [0.2, 0.25) is 0 Å². The second-order valence-electron chi connectivity index (χ2n) is 6.64. The molecule has 1 saturated heterocycles. The molecule has 1 amide bonds. The van der Waals surface area contributed by atoms with Gasteiger partial charge in [0.1, 0.15) is 6.33 Å². The normalized spacial score (nSPS) is 16.2. The first-order valence-corrected chi connectivity index (χ1v) is 8.36. The Hall–Kier alpha value is -2.89. The Morgan fingerprint density at radius 3 is 2.21 bits per heavy atom. The van der Waals surface area contributed by atoms with Gasteiger partial charge in [-0.2, -0.15) is 26.3 Å². The molecule has 0 radical (unpaired) electrons. The van der Waals surface area contributed by atoms with Crippen molar-refractivity contribution in [2.75, 3.05) is 13.1 Å². The Kier molecular flexibility index (Phi) is 5.39. The lowest BCUT2D eigenvalue weighted by molar-refractivity contribution is -0.143. The van der Waals surface area contributed by atoms with E-state index in [1.807, 2.05) is 6.92 Å². The van der Waals surface area contributed by atoms with Crippen LogP contribution in [0.25, 0.3) is 17.6 Å². The van der Waals surface area contributed by atoms with Crippen molar-refractivity contribution in [1.82, 2.24) is 25.2 Å². The number of rotatable bonds is 4. The highest BCUT2D eigenvalue weighted by molar-refractivity contribution is 5.89. The minimum atomic E-state index is -4.97. The van der Waals surface area contributed by atoms with Crippen LogP contribution in [0.3, 0.4) is 0 Å². The summed E-state index contributed by atoms with van der Waals surface area (Å²) in [7, 11) is 0. The molecule has 0 bridgehead atoms. The number of amides is 1. The topological polar surface area (TPSA) is 63.1 Å². The third-order valence-electron chi connectivity index (χ3n) is 4.07. The molecular weight excluding hydrogens is 404 g/mol. The zero-order chi connectivity index (χ0) is 21.4. The number of hydrogen-bond donors (Lipinski definition) is 1. The van der Waals surface area contributed by atoms with E-state index in [2.05, 4.69) is 15.5 Å². The van der Waals surface area contributed by atoms with Gasteiger partial charge in [-0.1, -0.05) is 6.92 Å². The van der Waals surface area contributed by atoms with Crippen molar-refractivity contribution in [3.05, 3.63) is 41.7 Å². The Bertz CT molecular complexity index is 895. The second kappa shape index (κ2) is 7.50. The first-order chi connectivity index (χ1) is 13.4. The summed E-state index contributed by atoms with van der Waals surface area (Å²) in [6.07, 6.45) is -6.56. The van der Waals surface area contributed by atoms with Crippen molar-refractivity contribution in [1.29, 1.82) is 0 Å². The van der Waals surface area contributed by atoms with Gasteiger partial charge in [0.2, 0.25) is 0 Å². The molecule has 12 heteroatoms. The summed E-state index contributed by atoms with van der Waals surface area (Å²) in [6, 6.07) is 1.11. The number of benzene rings is 1. The van der Waals surface area contributed by atoms with Crippen LogP contribution in [0.5, 0.6) is 0 Å². The zero-order valence-corrected chi connectivity index (χ0v) is 14.9. The predicted molar refractivity (Wildman–Crippen MR) is 89.7 cm³/mol. The van der Waals surface area contributed by atoms with E-state index < -0.39 is 35.0 Å². The molecule has 0 unspecified atom stereocenters. The lowest BCUT2D eigenvalue weighted by Gasteiger charge is -2.36. The quantitative estimate of drug-likeness (QED) is 0.609. The maximum atomic E-state index is 13.0. The SMILES string of the molecule is CC1CN(NC(=O)/C=C\n2cnc(-c3cc(C(F)(F)F)cc(C(F)(F)F)c3)n2)C1. The van der Waals surface area contributed by atoms with Gasteiger partial charge in [-0.25, -0.2) is 14.7 Å². The number of alkyl halides is 6. The molecular formula is C17H15F6N5O. The standard InChI is InChI=1S/C17H15F6N5O/c1-10-7-28(8-10)25-14(29)2-3-27-9-24-15(26-27)11-4-12(16(18,19)20)6-13(5-11)17(21,22)23/h2-6,9-10H,7-8H2,1H3,(H,25,29)/b3-2-. The summed E-state index contributed by atoms with van der Waals surface area (Å²) in [4.78, 5) is 15.5. The van der Waals surface area contributed by atoms with Crippen LogP contribution in [0.15, 0.2) is 30.6 Å². The molecule has 0 aliphatic carbocycles. The Morgan fingerprint density at radius 1 is 1.10 bits per heavy atom. The smallest absolute Gasteiger partial charge is 0.285 e. The van der Waals surface area contributed by atoms with Crippen LogP contribution in [-0.4, -0.2) is 38.8 Å². The summed E-state index contributed by atoms with van der Waals surface area (Å²) < 4.78 is 78.8. The summed E-state index contributed by atoms with van der Waals surface area (Å²) in [5.74, 6) is -0.318. The molecule has 29 heavy (non-hydrogen) atoms. The minimum absolute atomic E-state index is 0.0291. The van der Waals surface area contributed by atoms with Crippen LogP contribution in [0.4, 0.5) is 26.3 Å². The molecule has 0 spiro atoms. The fraction of sp³-hybridized carbons (Fsp3) is 0.353. The number of nitrogens with zero attached hydrogens (tertiary/aromatic N) is 4. The van der Waals surface area contributed by atoms with E-state index in [0.29, 0.717) is 31.1 Å². The van der Waals surface area contributed by atoms with Crippen molar-refractivity contribution >= 4 is 12.1 Å². The molecule has 0 saturated carbocycles. The number of hydrazine groups is 1. The van der Waals surface area contributed by atoms with Gasteiger partial charge in [0.15, 0.2) is 5.82 Å². The minimum Gasteiger partial charge on any atom is -0.285 e. The van der Waals surface area contributed by atoms with Gasteiger partial charge in [-0.15, -0.1) is 5.10 Å². The second-order valence-corrected chi connectivity index (χ2v) is 6.64. The van der Waals surface area contributed by atoms with Crippen molar-refractivity contribution in [2.45, 2.75) is 19.3 Å². The zero-order valence-electron chi connectivity index (χ0n) is 14.9. The fourth-order valence-electron chi connectivity index (χ4n) is 2.69.